The number of rotatable bonds is 14. The molecule has 0 saturated heterocycles. The van der Waals surface area contributed by atoms with E-state index in [4.69, 9.17) is 0 Å². The number of halogens is 7. The molecule has 2 aromatic rings. The van der Waals surface area contributed by atoms with Gasteiger partial charge in [-0.15, -0.1) is 0 Å². The van der Waals surface area contributed by atoms with Crippen LogP contribution in [0, 0.1) is 5.82 Å². The van der Waals surface area contributed by atoms with Crippen molar-refractivity contribution in [1.82, 2.24) is 15.5 Å². The van der Waals surface area contributed by atoms with Crippen LogP contribution >= 0.6 is 0 Å². The predicted molar refractivity (Wildman–Crippen MR) is 165 cm³/mol. The van der Waals surface area contributed by atoms with Crippen molar-refractivity contribution in [3.05, 3.63) is 58.9 Å². The van der Waals surface area contributed by atoms with Crippen LogP contribution in [0.3, 0.4) is 0 Å². The number of amides is 2. The number of anilines is 1. The van der Waals surface area contributed by atoms with E-state index in [9.17, 15) is 55.0 Å². The molecular formula is C33H39F7N4O5. The molecule has 270 valence electrons. The van der Waals surface area contributed by atoms with E-state index in [1.54, 1.807) is 18.2 Å². The molecule has 0 spiro atoms. The van der Waals surface area contributed by atoms with E-state index < -0.39 is 23.9 Å². The summed E-state index contributed by atoms with van der Waals surface area (Å²) in [6.45, 7) is 3.46. The molecule has 49 heavy (non-hydrogen) atoms. The summed E-state index contributed by atoms with van der Waals surface area (Å²) in [6.07, 6.45) is -3.57. The molecule has 0 aromatic heterocycles. The summed E-state index contributed by atoms with van der Waals surface area (Å²) in [5.41, 5.74) is 3.44. The molecule has 1 heterocycles. The lowest BCUT2D eigenvalue weighted by atomic mass is 9.94. The Hall–Kier alpha value is -4.05. The molecule has 2 aromatic carbocycles. The highest BCUT2D eigenvalue weighted by atomic mass is 19.4. The summed E-state index contributed by atoms with van der Waals surface area (Å²) >= 11 is 0. The molecular weight excluding hydrogens is 665 g/mol. The van der Waals surface area contributed by atoms with Crippen LogP contribution in [0.15, 0.2) is 36.4 Å². The highest BCUT2D eigenvalue weighted by Gasteiger charge is 2.54. The molecule has 0 bridgehead atoms. The molecule has 0 unspecified atom stereocenters. The van der Waals surface area contributed by atoms with E-state index in [2.05, 4.69) is 20.9 Å². The van der Waals surface area contributed by atoms with Crippen LogP contribution < -0.4 is 16.0 Å². The van der Waals surface area contributed by atoms with Crippen molar-refractivity contribution in [3.8, 4) is 5.75 Å². The standard InChI is InChI=1S/C29H39FN4O3.C4F6O2/c30-23-6-4-5-21(19-23)11-14-31-16-13-28(37)34(24-7-2-1-3-8-24)18-17-32-15-12-22-9-10-26(35)29-25(22)20-27(36)33-29;5-3(6,7)1(11)2(12)4(8,9)10/h4-6,9-10,19,24,31-32,35H,1-3,7-8,11-18,20H2,(H,33,36);. The number of ketones is 2. The van der Waals surface area contributed by atoms with Crippen molar-refractivity contribution in [2.75, 3.05) is 38.0 Å². The van der Waals surface area contributed by atoms with Crippen LogP contribution in [0.1, 0.15) is 55.2 Å². The number of carbonyl (C=O) groups is 4. The number of phenolic OH excluding ortho intramolecular Hbond substituents is 1. The topological polar surface area (TPSA) is 128 Å². The number of nitrogens with one attached hydrogen (secondary N) is 3. The zero-order valence-corrected chi connectivity index (χ0v) is 26.6. The maximum atomic E-state index is 13.3. The summed E-state index contributed by atoms with van der Waals surface area (Å²) in [5, 5.41) is 19.5. The van der Waals surface area contributed by atoms with E-state index >= 15 is 0 Å². The average molecular weight is 705 g/mol. The number of phenols is 1. The van der Waals surface area contributed by atoms with Gasteiger partial charge in [0.25, 0.3) is 0 Å². The molecule has 1 aliphatic carbocycles. The summed E-state index contributed by atoms with van der Waals surface area (Å²) in [5.74, 6) is -6.82. The Labute approximate surface area is 278 Å². The van der Waals surface area contributed by atoms with Crippen molar-refractivity contribution in [2.45, 2.75) is 76.2 Å². The minimum Gasteiger partial charge on any atom is -0.506 e. The molecule has 1 saturated carbocycles. The van der Waals surface area contributed by atoms with Crippen molar-refractivity contribution in [1.29, 1.82) is 0 Å². The van der Waals surface area contributed by atoms with Gasteiger partial charge in [0.1, 0.15) is 11.6 Å². The average Bonchev–Trinajstić information content (AvgIpc) is 3.45. The fourth-order valence-electron chi connectivity index (χ4n) is 5.70. The Morgan fingerprint density at radius 2 is 1.49 bits per heavy atom. The van der Waals surface area contributed by atoms with Crippen molar-refractivity contribution < 1.29 is 55.0 Å². The fraction of sp³-hybridized carbons (Fsp3) is 0.515. The number of nitrogens with zero attached hydrogens (tertiary/aromatic N) is 1. The van der Waals surface area contributed by atoms with Gasteiger partial charge in [0.05, 0.1) is 12.1 Å². The van der Waals surface area contributed by atoms with Gasteiger partial charge in [0, 0.05) is 32.1 Å². The monoisotopic (exact) mass is 704 g/mol. The maximum absolute atomic E-state index is 13.3. The van der Waals surface area contributed by atoms with E-state index in [0.29, 0.717) is 50.7 Å². The van der Waals surface area contributed by atoms with Crippen molar-refractivity contribution in [3.63, 3.8) is 0 Å². The Kier molecular flexibility index (Phi) is 14.5. The molecule has 4 rings (SSSR count). The summed E-state index contributed by atoms with van der Waals surface area (Å²) < 4.78 is 80.3. The van der Waals surface area contributed by atoms with Gasteiger partial charge in [0.2, 0.25) is 11.8 Å². The fourth-order valence-corrected chi connectivity index (χ4v) is 5.70. The summed E-state index contributed by atoms with van der Waals surface area (Å²) in [6, 6.07) is 10.5. The Morgan fingerprint density at radius 3 is 2.12 bits per heavy atom. The molecule has 1 fully saturated rings. The largest absolute Gasteiger partial charge is 0.506 e. The number of hydrogen-bond donors (Lipinski definition) is 4. The number of alkyl halides is 6. The molecule has 2 aliphatic rings. The second kappa shape index (κ2) is 18.1. The van der Waals surface area contributed by atoms with Crippen LogP contribution in [0.2, 0.25) is 0 Å². The van der Waals surface area contributed by atoms with Gasteiger partial charge in [0.15, 0.2) is 0 Å². The van der Waals surface area contributed by atoms with Crippen LogP contribution in [-0.2, 0) is 38.4 Å². The number of aromatic hydroxyl groups is 1. The first-order valence-corrected chi connectivity index (χ1v) is 15.9. The van der Waals surface area contributed by atoms with E-state index in [0.717, 1.165) is 48.9 Å². The third-order valence-corrected chi connectivity index (χ3v) is 8.14. The lowest BCUT2D eigenvalue weighted by Crippen LogP contribution is -2.45. The molecule has 1 aliphatic heterocycles. The van der Waals surface area contributed by atoms with Gasteiger partial charge in [-0.1, -0.05) is 37.5 Å². The minimum absolute atomic E-state index is 0.0872. The molecule has 0 atom stereocenters. The first-order valence-electron chi connectivity index (χ1n) is 15.9. The Morgan fingerprint density at radius 1 is 0.857 bits per heavy atom. The number of carbonyl (C=O) groups excluding carboxylic acids is 4. The highest BCUT2D eigenvalue weighted by Crippen LogP contribution is 2.35. The van der Waals surface area contributed by atoms with Crippen LogP contribution in [-0.4, -0.2) is 84.5 Å². The van der Waals surface area contributed by atoms with Crippen LogP contribution in [0.5, 0.6) is 5.75 Å². The first-order chi connectivity index (χ1) is 23.1. The maximum Gasteiger partial charge on any atom is 0.458 e. The van der Waals surface area contributed by atoms with E-state index in [1.807, 2.05) is 12.1 Å². The summed E-state index contributed by atoms with van der Waals surface area (Å²) in [4.78, 5) is 46.2. The second-order valence-corrected chi connectivity index (χ2v) is 11.7. The quantitative estimate of drug-likeness (QED) is 0.0965. The highest BCUT2D eigenvalue weighted by molar-refractivity contribution is 6.41. The van der Waals surface area contributed by atoms with Gasteiger partial charge in [-0.05, 0) is 73.7 Å². The second-order valence-electron chi connectivity index (χ2n) is 11.7. The minimum atomic E-state index is -5.77. The van der Waals surface area contributed by atoms with Crippen LogP contribution in [0.25, 0.3) is 0 Å². The van der Waals surface area contributed by atoms with Gasteiger partial charge in [-0.2, -0.15) is 26.3 Å². The summed E-state index contributed by atoms with van der Waals surface area (Å²) in [7, 11) is 0. The lowest BCUT2D eigenvalue weighted by Gasteiger charge is -2.34. The lowest BCUT2D eigenvalue weighted by molar-refractivity contribution is -0.193. The third kappa shape index (κ3) is 12.4. The molecule has 16 heteroatoms. The van der Waals surface area contributed by atoms with Gasteiger partial charge >= 0.3 is 23.9 Å². The first kappa shape index (κ1) is 39.4. The van der Waals surface area contributed by atoms with E-state index in [1.165, 1.54) is 25.3 Å². The molecule has 2 amide bonds. The number of fused-ring (bicyclic) bond motifs is 1. The molecule has 9 nitrogen and oxygen atoms in total. The number of Topliss-reactive ketones (excluding diaryl/α,β-unsaturated/α-hetero) is 2. The van der Waals surface area contributed by atoms with Gasteiger partial charge in [-0.25, -0.2) is 4.39 Å². The van der Waals surface area contributed by atoms with Crippen molar-refractivity contribution >= 4 is 29.1 Å². The normalized spacial score (nSPS) is 14.8. The Bertz CT molecular complexity index is 1440. The Balaban J connectivity index is 0.000000463. The third-order valence-electron chi connectivity index (χ3n) is 8.14. The van der Waals surface area contributed by atoms with Crippen LogP contribution in [0.4, 0.5) is 36.4 Å². The number of hydrogen-bond acceptors (Lipinski definition) is 7. The predicted octanol–water partition coefficient (Wildman–Crippen LogP) is 4.79. The van der Waals surface area contributed by atoms with E-state index in [-0.39, 0.29) is 23.4 Å². The zero-order chi connectivity index (χ0) is 36.2. The zero-order valence-electron chi connectivity index (χ0n) is 26.6. The molecule has 0 radical (unpaired) electrons. The SMILES string of the molecule is O=C(C(=O)C(F)(F)F)C(F)(F)F.O=C1Cc2c(CCNCCN(C(=O)CCNCCc3cccc(F)c3)C3CCCCC3)ccc(O)c2N1. The smallest absolute Gasteiger partial charge is 0.458 e. The van der Waals surface area contributed by atoms with Gasteiger partial charge < -0.3 is 26.0 Å². The van der Waals surface area contributed by atoms with Gasteiger partial charge in [-0.3, -0.25) is 19.2 Å². The molecule has 4 N–H and O–H groups in total. The number of benzene rings is 2. The van der Waals surface area contributed by atoms with Crippen molar-refractivity contribution in [2.24, 2.45) is 0 Å².